The maximum absolute atomic E-state index is 11.1. The summed E-state index contributed by atoms with van der Waals surface area (Å²) in [4.78, 5) is 23.6. The summed E-state index contributed by atoms with van der Waals surface area (Å²) in [6.45, 7) is 5.23. The molecule has 0 unspecified atom stereocenters. The van der Waals surface area contributed by atoms with Crippen molar-refractivity contribution in [3.05, 3.63) is 39.4 Å². The normalized spacial score (nSPS) is 17.5. The molecule has 114 valence electrons. The zero-order valence-electron chi connectivity index (χ0n) is 12.1. The average molecular weight is 293 g/mol. The number of rotatable bonds is 5. The Morgan fingerprint density at radius 1 is 1.52 bits per heavy atom. The number of carbonyl (C=O) groups excluding carboxylic acids is 1. The molecule has 1 saturated heterocycles. The third-order valence-corrected chi connectivity index (χ3v) is 4.03. The third-order valence-electron chi connectivity index (χ3n) is 4.03. The standard InChI is InChI=1S/C14H19N3O4/c1-9(2)14(19)7-16(8-14)6-11-4-3-10(13(15)18)5-12(11)17(20)21/h3-5,9,19H,6-8H2,1-2H3,(H2,15,18). The molecule has 1 fully saturated rings. The van der Waals surface area contributed by atoms with Crippen molar-refractivity contribution in [1.29, 1.82) is 0 Å². The Kier molecular flexibility index (Phi) is 3.97. The van der Waals surface area contributed by atoms with Crippen molar-refractivity contribution >= 4 is 11.6 Å². The Labute approximate surface area is 122 Å². The number of nitro benzene ring substituents is 1. The topological polar surface area (TPSA) is 110 Å². The maximum Gasteiger partial charge on any atom is 0.274 e. The molecule has 21 heavy (non-hydrogen) atoms. The molecule has 7 heteroatoms. The summed E-state index contributed by atoms with van der Waals surface area (Å²) in [6, 6.07) is 4.23. The number of carbonyl (C=O) groups is 1. The van der Waals surface area contributed by atoms with E-state index in [9.17, 15) is 20.0 Å². The summed E-state index contributed by atoms with van der Waals surface area (Å²) in [5.74, 6) is -0.552. The SMILES string of the molecule is CC(C)C1(O)CN(Cc2ccc(C(N)=O)cc2[N+](=O)[O-])C1. The van der Waals surface area contributed by atoms with Crippen LogP contribution in [0, 0.1) is 16.0 Å². The van der Waals surface area contributed by atoms with Crippen molar-refractivity contribution in [2.45, 2.75) is 26.0 Å². The Balaban J connectivity index is 2.15. The van der Waals surface area contributed by atoms with Gasteiger partial charge in [0, 0.05) is 36.8 Å². The van der Waals surface area contributed by atoms with E-state index in [0.717, 1.165) is 0 Å². The monoisotopic (exact) mass is 293 g/mol. The van der Waals surface area contributed by atoms with Gasteiger partial charge in [0.2, 0.25) is 5.91 Å². The highest BCUT2D eigenvalue weighted by molar-refractivity contribution is 5.93. The average Bonchev–Trinajstić information content (AvgIpc) is 2.36. The number of β-amino-alcohol motifs (C(OH)–C–C–N with tert-alkyl or cyclic N) is 1. The largest absolute Gasteiger partial charge is 0.387 e. The van der Waals surface area contributed by atoms with Crippen LogP contribution in [0.15, 0.2) is 18.2 Å². The van der Waals surface area contributed by atoms with Crippen LogP contribution >= 0.6 is 0 Å². The van der Waals surface area contributed by atoms with E-state index in [1.54, 1.807) is 6.07 Å². The number of benzene rings is 1. The molecule has 1 aliphatic heterocycles. The molecule has 0 aromatic heterocycles. The molecule has 1 amide bonds. The molecule has 0 atom stereocenters. The minimum absolute atomic E-state index is 0.118. The second kappa shape index (κ2) is 5.42. The first-order chi connectivity index (χ1) is 9.73. The van der Waals surface area contributed by atoms with Crippen LogP contribution in [0.4, 0.5) is 5.69 Å². The fourth-order valence-electron chi connectivity index (χ4n) is 2.47. The molecule has 1 aliphatic rings. The van der Waals surface area contributed by atoms with Gasteiger partial charge in [-0.15, -0.1) is 0 Å². The van der Waals surface area contributed by atoms with Crippen LogP contribution in [0.2, 0.25) is 0 Å². The van der Waals surface area contributed by atoms with E-state index in [-0.39, 0.29) is 17.2 Å². The van der Waals surface area contributed by atoms with Gasteiger partial charge < -0.3 is 10.8 Å². The van der Waals surface area contributed by atoms with E-state index in [2.05, 4.69) is 0 Å². The second-order valence-corrected chi connectivity index (χ2v) is 5.87. The van der Waals surface area contributed by atoms with Gasteiger partial charge in [0.1, 0.15) is 0 Å². The lowest BCUT2D eigenvalue weighted by Gasteiger charge is -2.49. The summed E-state index contributed by atoms with van der Waals surface area (Å²) in [5, 5.41) is 21.3. The molecule has 7 nitrogen and oxygen atoms in total. The third kappa shape index (κ3) is 3.03. The van der Waals surface area contributed by atoms with Gasteiger partial charge in [-0.2, -0.15) is 0 Å². The zero-order chi connectivity index (χ0) is 15.8. The summed E-state index contributed by atoms with van der Waals surface area (Å²) in [6.07, 6.45) is 0. The van der Waals surface area contributed by atoms with Crippen molar-refractivity contribution in [1.82, 2.24) is 4.90 Å². The fourth-order valence-corrected chi connectivity index (χ4v) is 2.47. The van der Waals surface area contributed by atoms with Crippen molar-refractivity contribution < 1.29 is 14.8 Å². The van der Waals surface area contributed by atoms with E-state index >= 15 is 0 Å². The van der Waals surface area contributed by atoms with Gasteiger partial charge in [0.15, 0.2) is 0 Å². The predicted octanol–water partition coefficient (Wildman–Crippen LogP) is 0.896. The van der Waals surface area contributed by atoms with Gasteiger partial charge in [-0.3, -0.25) is 19.8 Å². The molecule has 0 saturated carbocycles. The number of hydrogen-bond donors (Lipinski definition) is 2. The van der Waals surface area contributed by atoms with Crippen LogP contribution in [0.25, 0.3) is 0 Å². The molecule has 1 aromatic rings. The van der Waals surface area contributed by atoms with E-state index in [0.29, 0.717) is 25.2 Å². The van der Waals surface area contributed by atoms with Gasteiger partial charge >= 0.3 is 0 Å². The van der Waals surface area contributed by atoms with Gasteiger partial charge in [0.05, 0.1) is 10.5 Å². The van der Waals surface area contributed by atoms with E-state index in [1.807, 2.05) is 18.7 Å². The van der Waals surface area contributed by atoms with Crippen molar-refractivity contribution in [3.8, 4) is 0 Å². The van der Waals surface area contributed by atoms with Crippen molar-refractivity contribution in [2.24, 2.45) is 11.7 Å². The quantitative estimate of drug-likeness (QED) is 0.619. The Morgan fingerprint density at radius 2 is 2.14 bits per heavy atom. The number of hydrogen-bond acceptors (Lipinski definition) is 5. The first-order valence-corrected chi connectivity index (χ1v) is 6.75. The van der Waals surface area contributed by atoms with E-state index < -0.39 is 16.4 Å². The first kappa shape index (κ1) is 15.4. The number of aliphatic hydroxyl groups is 1. The highest BCUT2D eigenvalue weighted by atomic mass is 16.6. The molecule has 1 aromatic carbocycles. The highest BCUT2D eigenvalue weighted by Gasteiger charge is 2.43. The molecular formula is C14H19N3O4. The van der Waals surface area contributed by atoms with Gasteiger partial charge in [0.25, 0.3) is 5.69 Å². The van der Waals surface area contributed by atoms with Gasteiger partial charge in [-0.25, -0.2) is 0 Å². The Morgan fingerprint density at radius 3 is 2.62 bits per heavy atom. The lowest BCUT2D eigenvalue weighted by Crippen LogP contribution is -2.63. The van der Waals surface area contributed by atoms with Crippen molar-refractivity contribution in [2.75, 3.05) is 13.1 Å². The summed E-state index contributed by atoms with van der Waals surface area (Å²) in [7, 11) is 0. The molecule has 0 aliphatic carbocycles. The molecule has 0 bridgehead atoms. The van der Waals surface area contributed by atoms with Crippen LogP contribution < -0.4 is 5.73 Å². The molecule has 3 N–H and O–H groups in total. The number of likely N-dealkylation sites (tertiary alicyclic amines) is 1. The summed E-state index contributed by atoms with van der Waals surface area (Å²) < 4.78 is 0. The summed E-state index contributed by atoms with van der Waals surface area (Å²) in [5.41, 5.74) is 4.92. The van der Waals surface area contributed by atoms with Crippen LogP contribution in [0.5, 0.6) is 0 Å². The zero-order valence-corrected chi connectivity index (χ0v) is 12.1. The number of nitrogens with zero attached hydrogens (tertiary/aromatic N) is 2. The number of nitrogens with two attached hydrogens (primary N) is 1. The van der Waals surface area contributed by atoms with Crippen LogP contribution in [-0.4, -0.2) is 39.5 Å². The lowest BCUT2D eigenvalue weighted by molar-refractivity contribution is -0.385. The fraction of sp³-hybridized carbons (Fsp3) is 0.500. The van der Waals surface area contributed by atoms with Crippen LogP contribution in [-0.2, 0) is 6.54 Å². The Hall–Kier alpha value is -1.99. The molecule has 1 heterocycles. The molecule has 0 spiro atoms. The van der Waals surface area contributed by atoms with Crippen LogP contribution in [0.3, 0.4) is 0 Å². The highest BCUT2D eigenvalue weighted by Crippen LogP contribution is 2.31. The number of amides is 1. The minimum atomic E-state index is -0.720. The van der Waals surface area contributed by atoms with Gasteiger partial charge in [-0.05, 0) is 12.0 Å². The minimum Gasteiger partial charge on any atom is -0.387 e. The second-order valence-electron chi connectivity index (χ2n) is 5.87. The lowest BCUT2D eigenvalue weighted by atomic mass is 9.83. The van der Waals surface area contributed by atoms with Gasteiger partial charge in [-0.1, -0.05) is 19.9 Å². The molecule has 0 radical (unpaired) electrons. The first-order valence-electron chi connectivity index (χ1n) is 6.75. The van der Waals surface area contributed by atoms with E-state index in [1.165, 1.54) is 12.1 Å². The molecule has 2 rings (SSSR count). The van der Waals surface area contributed by atoms with Crippen LogP contribution in [0.1, 0.15) is 29.8 Å². The van der Waals surface area contributed by atoms with E-state index in [4.69, 9.17) is 5.73 Å². The number of nitro groups is 1. The Bertz CT molecular complexity index is 580. The predicted molar refractivity (Wildman–Crippen MR) is 76.7 cm³/mol. The number of primary amides is 1. The maximum atomic E-state index is 11.1. The smallest absolute Gasteiger partial charge is 0.274 e. The summed E-state index contributed by atoms with van der Waals surface area (Å²) >= 11 is 0. The molecular weight excluding hydrogens is 274 g/mol. The van der Waals surface area contributed by atoms with Crippen molar-refractivity contribution in [3.63, 3.8) is 0 Å².